The van der Waals surface area contributed by atoms with Gasteiger partial charge in [-0.05, 0) is 6.42 Å². The molecule has 1 fully saturated rings. The fraction of sp³-hybridized carbons (Fsp3) is 0.462. The predicted octanol–water partition coefficient (Wildman–Crippen LogP) is -1.64. The Bertz CT molecular complexity index is 1020. The number of aromatic amines is 1. The molecule has 0 unspecified atom stereocenters. The molecule has 1 saturated heterocycles. The van der Waals surface area contributed by atoms with Crippen molar-refractivity contribution in [3.63, 3.8) is 0 Å². The average Bonchev–Trinajstić information content (AvgIpc) is 3.14. The maximum Gasteiger partial charge on any atom is 0.328 e. The first-order valence-corrected chi connectivity index (χ1v) is 10.4. The number of hydrogen-bond donors (Lipinski definition) is 2. The van der Waals surface area contributed by atoms with Crippen LogP contribution >= 0.6 is 11.8 Å². The number of thioether (sulfide) groups is 1. The number of sulfone groups is 1. The summed E-state index contributed by atoms with van der Waals surface area (Å²) < 4.78 is 29.3. The maximum absolute atomic E-state index is 11.9. The Morgan fingerprint density at radius 1 is 1.42 bits per heavy atom. The van der Waals surface area contributed by atoms with Gasteiger partial charge < -0.3 is 9.73 Å². The molecule has 0 aromatic carbocycles. The number of nitrogens with one attached hydrogen (secondary N) is 2. The van der Waals surface area contributed by atoms with Crippen LogP contribution in [-0.2, 0) is 21.2 Å². The summed E-state index contributed by atoms with van der Waals surface area (Å²) in [5.74, 6) is -0.140. The fourth-order valence-corrected chi connectivity index (χ4v) is 4.65. The van der Waals surface area contributed by atoms with Crippen LogP contribution in [0.1, 0.15) is 12.3 Å². The van der Waals surface area contributed by atoms with Gasteiger partial charge in [0.1, 0.15) is 6.54 Å². The molecule has 2 aromatic rings. The zero-order valence-corrected chi connectivity index (χ0v) is 15.0. The summed E-state index contributed by atoms with van der Waals surface area (Å²) in [6, 6.07) is 0.833. The minimum Gasteiger partial charge on any atom is -0.414 e. The predicted molar refractivity (Wildman–Crippen MR) is 90.6 cm³/mol. The van der Waals surface area contributed by atoms with Crippen LogP contribution in [0, 0.1) is 0 Å². The van der Waals surface area contributed by atoms with Crippen molar-refractivity contribution in [2.24, 2.45) is 0 Å². The number of nitrogens with zero attached hydrogens (tertiary/aromatic N) is 3. The van der Waals surface area contributed by atoms with E-state index in [-0.39, 0.29) is 46.9 Å². The number of aromatic nitrogens is 4. The van der Waals surface area contributed by atoms with E-state index in [9.17, 15) is 22.8 Å². The minimum absolute atomic E-state index is 0.00319. The quantitative estimate of drug-likeness (QED) is 0.542. The number of rotatable bonds is 6. The molecule has 140 valence electrons. The lowest BCUT2D eigenvalue weighted by Crippen LogP contribution is -2.36. The summed E-state index contributed by atoms with van der Waals surface area (Å²) in [6.45, 7) is -0.0185. The zero-order chi connectivity index (χ0) is 18.7. The molecule has 11 nitrogen and oxygen atoms in total. The van der Waals surface area contributed by atoms with Gasteiger partial charge in [0.2, 0.25) is 11.8 Å². The largest absolute Gasteiger partial charge is 0.414 e. The van der Waals surface area contributed by atoms with Gasteiger partial charge in [-0.1, -0.05) is 11.8 Å². The second-order valence-electron chi connectivity index (χ2n) is 5.66. The summed E-state index contributed by atoms with van der Waals surface area (Å²) in [5, 5.41) is 10.3. The molecule has 0 radical (unpaired) electrons. The lowest BCUT2D eigenvalue weighted by Gasteiger charge is -2.09. The van der Waals surface area contributed by atoms with Gasteiger partial charge in [0.05, 0.1) is 17.3 Å². The van der Waals surface area contributed by atoms with Crippen LogP contribution in [0.3, 0.4) is 0 Å². The van der Waals surface area contributed by atoms with E-state index in [2.05, 4.69) is 20.5 Å². The van der Waals surface area contributed by atoms with E-state index in [1.165, 1.54) is 16.8 Å². The Hall–Kier alpha value is -2.41. The molecule has 0 saturated carbocycles. The van der Waals surface area contributed by atoms with Crippen molar-refractivity contribution in [1.29, 1.82) is 0 Å². The molecule has 1 aliphatic heterocycles. The van der Waals surface area contributed by atoms with E-state index in [0.29, 0.717) is 6.42 Å². The molecule has 0 aliphatic carbocycles. The van der Waals surface area contributed by atoms with E-state index >= 15 is 0 Å². The van der Waals surface area contributed by atoms with Crippen LogP contribution in [0.2, 0.25) is 0 Å². The highest BCUT2D eigenvalue weighted by Crippen LogP contribution is 2.17. The van der Waals surface area contributed by atoms with Crippen molar-refractivity contribution >= 4 is 27.5 Å². The molecule has 2 N–H and O–H groups in total. The summed E-state index contributed by atoms with van der Waals surface area (Å²) in [5.41, 5.74) is -1.11. The molecule has 1 aliphatic rings. The summed E-state index contributed by atoms with van der Waals surface area (Å²) >= 11 is 1.00. The topological polar surface area (TPSA) is 157 Å². The van der Waals surface area contributed by atoms with Gasteiger partial charge in [-0.3, -0.25) is 19.1 Å². The zero-order valence-electron chi connectivity index (χ0n) is 13.4. The number of H-pyrrole nitrogens is 1. The first kappa shape index (κ1) is 18.4. The summed E-state index contributed by atoms with van der Waals surface area (Å²) in [7, 11) is -3.05. The van der Waals surface area contributed by atoms with Crippen molar-refractivity contribution in [1.82, 2.24) is 25.1 Å². The Morgan fingerprint density at radius 3 is 2.92 bits per heavy atom. The monoisotopic (exact) mass is 401 g/mol. The number of hydrogen-bond acceptors (Lipinski definition) is 9. The lowest BCUT2D eigenvalue weighted by atomic mass is 10.3. The van der Waals surface area contributed by atoms with Gasteiger partial charge in [0.25, 0.3) is 10.8 Å². The van der Waals surface area contributed by atoms with Crippen molar-refractivity contribution in [3.8, 4) is 0 Å². The third kappa shape index (κ3) is 4.82. The highest BCUT2D eigenvalue weighted by Gasteiger charge is 2.28. The van der Waals surface area contributed by atoms with Gasteiger partial charge in [-0.2, -0.15) is 0 Å². The molecule has 0 spiro atoms. The standard InChI is InChI=1S/C13H15N5O6S2/c19-9-1-3-18(12(21)15-9)5-11-16-17-13(24-11)25-6-10(20)14-8-2-4-26(22,23)7-8/h1,3,8H,2,4-7H2,(H,14,20)(H,15,19,21)/t8-/m1/s1. The normalized spacial score (nSPS) is 18.7. The van der Waals surface area contributed by atoms with E-state index in [1.807, 2.05) is 0 Å². The minimum atomic E-state index is -3.05. The second-order valence-corrected chi connectivity index (χ2v) is 8.81. The molecule has 2 aromatic heterocycles. The van der Waals surface area contributed by atoms with Crippen LogP contribution in [-0.4, -0.2) is 57.4 Å². The third-order valence-corrected chi connectivity index (χ3v) is 6.16. The molecule has 3 heterocycles. The van der Waals surface area contributed by atoms with Crippen molar-refractivity contribution in [2.75, 3.05) is 17.3 Å². The van der Waals surface area contributed by atoms with Gasteiger partial charge in [0.15, 0.2) is 9.84 Å². The van der Waals surface area contributed by atoms with Crippen LogP contribution < -0.4 is 16.6 Å². The highest BCUT2D eigenvalue weighted by molar-refractivity contribution is 7.99. The molecule has 0 bridgehead atoms. The van der Waals surface area contributed by atoms with Gasteiger partial charge in [0, 0.05) is 18.3 Å². The number of carbonyl (C=O) groups is 1. The third-order valence-electron chi connectivity index (χ3n) is 3.58. The van der Waals surface area contributed by atoms with E-state index in [4.69, 9.17) is 4.42 Å². The SMILES string of the molecule is O=C(CSc1nnc(Cn2ccc(=O)[nH]c2=O)o1)N[C@@H]1CCS(=O)(=O)C1. The molecular weight excluding hydrogens is 386 g/mol. The van der Waals surface area contributed by atoms with Crippen molar-refractivity contribution < 1.29 is 17.6 Å². The fourth-order valence-electron chi connectivity index (χ4n) is 2.38. The van der Waals surface area contributed by atoms with Gasteiger partial charge in [-0.15, -0.1) is 10.2 Å². The number of amides is 1. The molecule has 13 heteroatoms. The Balaban J connectivity index is 1.51. The van der Waals surface area contributed by atoms with Crippen molar-refractivity contribution in [2.45, 2.75) is 24.2 Å². The number of carbonyl (C=O) groups excluding carboxylic acids is 1. The smallest absolute Gasteiger partial charge is 0.328 e. The molecule has 26 heavy (non-hydrogen) atoms. The van der Waals surface area contributed by atoms with E-state index in [1.54, 1.807) is 0 Å². The van der Waals surface area contributed by atoms with Gasteiger partial charge in [-0.25, -0.2) is 13.2 Å². The summed E-state index contributed by atoms with van der Waals surface area (Å²) in [4.78, 5) is 36.6. The van der Waals surface area contributed by atoms with Gasteiger partial charge >= 0.3 is 5.69 Å². The van der Waals surface area contributed by atoms with Crippen molar-refractivity contribution in [3.05, 3.63) is 39.0 Å². The van der Waals surface area contributed by atoms with Crippen LogP contribution in [0.5, 0.6) is 0 Å². The molecular formula is C13H15N5O6S2. The van der Waals surface area contributed by atoms with Crippen LogP contribution in [0.15, 0.2) is 31.5 Å². The van der Waals surface area contributed by atoms with Crippen LogP contribution in [0.4, 0.5) is 0 Å². The second kappa shape index (κ2) is 7.45. The van der Waals surface area contributed by atoms with E-state index < -0.39 is 21.1 Å². The first-order valence-electron chi connectivity index (χ1n) is 7.55. The Morgan fingerprint density at radius 2 is 2.23 bits per heavy atom. The Kier molecular flexibility index (Phi) is 5.27. The summed E-state index contributed by atoms with van der Waals surface area (Å²) in [6.07, 6.45) is 1.72. The molecule has 1 amide bonds. The molecule has 1 atom stereocenters. The molecule has 3 rings (SSSR count). The lowest BCUT2D eigenvalue weighted by molar-refractivity contribution is -0.119. The first-order chi connectivity index (χ1) is 12.3. The highest BCUT2D eigenvalue weighted by atomic mass is 32.2. The maximum atomic E-state index is 11.9. The van der Waals surface area contributed by atoms with E-state index in [0.717, 1.165) is 11.8 Å². The van der Waals surface area contributed by atoms with Crippen LogP contribution in [0.25, 0.3) is 0 Å². The average molecular weight is 401 g/mol. The Labute approximate surface area is 151 Å².